The number of aliphatic hydroxyl groups excluding tert-OH is 1. The Morgan fingerprint density at radius 3 is 2.56 bits per heavy atom. The molecule has 5 rings (SSSR count). The van der Waals surface area contributed by atoms with E-state index in [0.717, 1.165) is 18.5 Å². The molecule has 1 atom stereocenters. The Kier molecular flexibility index (Phi) is 8.12. The number of hydrogen-bond acceptors (Lipinski definition) is 8. The van der Waals surface area contributed by atoms with Gasteiger partial charge in [-0.25, -0.2) is 4.98 Å². The first-order valence-electron chi connectivity index (χ1n) is 14.1. The van der Waals surface area contributed by atoms with Gasteiger partial charge in [-0.2, -0.15) is 4.98 Å². The molecule has 2 aromatic carbocycles. The van der Waals surface area contributed by atoms with Crippen molar-refractivity contribution >= 4 is 40.6 Å². The maximum Gasteiger partial charge on any atom is 0.251 e. The minimum atomic E-state index is -0.615. The third kappa shape index (κ3) is 5.83. The van der Waals surface area contributed by atoms with Crippen LogP contribution >= 0.6 is 0 Å². The van der Waals surface area contributed by atoms with E-state index in [1.54, 1.807) is 43.5 Å². The molecular formula is C31H38N6O4. The first kappa shape index (κ1) is 28.4. The summed E-state index contributed by atoms with van der Waals surface area (Å²) < 4.78 is 5.61. The van der Waals surface area contributed by atoms with Crippen LogP contribution in [0.5, 0.6) is 5.75 Å². The van der Waals surface area contributed by atoms with Gasteiger partial charge in [0.05, 0.1) is 30.5 Å². The molecule has 10 heteroatoms. The van der Waals surface area contributed by atoms with Crippen LogP contribution < -0.4 is 25.2 Å². The number of ether oxygens (including phenoxy) is 1. The van der Waals surface area contributed by atoms with Gasteiger partial charge in [-0.05, 0) is 69.4 Å². The summed E-state index contributed by atoms with van der Waals surface area (Å²) in [7, 11) is 3.31. The standard InChI is InChI=1S/C31H38N6O4/c1-5-31(2)19-37(22-9-7-6-8-10-22)27-25(36(3)29(31)40)18-32-30(35-27)34-24-16-11-20(17-26(24)41-4)28(39)33-21-12-14-23(38)15-13-21/h6-11,16-18,21,23,38H,5,12-15,19H2,1-4H3,(H,33,39)(H,32,34,35). The van der Waals surface area contributed by atoms with Crippen LogP contribution in [0.3, 0.4) is 0 Å². The number of methoxy groups -OCH3 is 1. The lowest BCUT2D eigenvalue weighted by atomic mass is 9.85. The maximum absolute atomic E-state index is 13.5. The lowest BCUT2D eigenvalue weighted by molar-refractivity contribution is -0.126. The van der Waals surface area contributed by atoms with E-state index in [1.165, 1.54) is 0 Å². The predicted molar refractivity (Wildman–Crippen MR) is 159 cm³/mol. The van der Waals surface area contributed by atoms with Crippen molar-refractivity contribution in [2.75, 3.05) is 35.8 Å². The Hall–Kier alpha value is -4.18. The highest BCUT2D eigenvalue weighted by Gasteiger charge is 2.41. The smallest absolute Gasteiger partial charge is 0.251 e. The molecule has 1 aromatic heterocycles. The number of fused-ring (bicyclic) bond motifs is 1. The Bertz CT molecular complexity index is 1410. The van der Waals surface area contributed by atoms with E-state index < -0.39 is 5.41 Å². The Morgan fingerprint density at radius 1 is 1.15 bits per heavy atom. The first-order chi connectivity index (χ1) is 19.7. The van der Waals surface area contributed by atoms with Crippen LogP contribution in [0.1, 0.15) is 56.3 Å². The number of hydrogen-bond donors (Lipinski definition) is 3. The zero-order chi connectivity index (χ0) is 29.1. The molecule has 2 aliphatic rings. The van der Waals surface area contributed by atoms with Crippen LogP contribution in [0.2, 0.25) is 0 Å². The number of aliphatic hydroxyl groups is 1. The van der Waals surface area contributed by atoms with Crippen molar-refractivity contribution in [2.24, 2.45) is 5.41 Å². The third-order valence-corrected chi connectivity index (χ3v) is 8.29. The molecule has 3 aromatic rings. The van der Waals surface area contributed by atoms with Crippen molar-refractivity contribution in [3.05, 3.63) is 60.3 Å². The zero-order valence-electron chi connectivity index (χ0n) is 24.1. The number of anilines is 5. The molecule has 2 heterocycles. The molecule has 2 amide bonds. The summed E-state index contributed by atoms with van der Waals surface area (Å²) in [6, 6.07) is 15.2. The molecule has 0 radical (unpaired) electrons. The van der Waals surface area contributed by atoms with Crippen molar-refractivity contribution in [3.63, 3.8) is 0 Å². The fourth-order valence-electron chi connectivity index (χ4n) is 5.50. The van der Waals surface area contributed by atoms with Crippen LogP contribution in [0.15, 0.2) is 54.7 Å². The molecule has 10 nitrogen and oxygen atoms in total. The zero-order valence-corrected chi connectivity index (χ0v) is 24.1. The van der Waals surface area contributed by atoms with Crippen molar-refractivity contribution in [3.8, 4) is 5.75 Å². The maximum atomic E-state index is 13.5. The Morgan fingerprint density at radius 2 is 1.88 bits per heavy atom. The molecule has 1 unspecified atom stereocenters. The number of aromatic nitrogens is 2. The molecule has 1 aliphatic heterocycles. The minimum Gasteiger partial charge on any atom is -0.495 e. The van der Waals surface area contributed by atoms with Gasteiger partial charge in [0, 0.05) is 30.9 Å². The summed E-state index contributed by atoms with van der Waals surface area (Å²) in [5.41, 5.74) is 2.02. The number of carbonyl (C=O) groups excluding carboxylic acids is 2. The van der Waals surface area contributed by atoms with E-state index >= 15 is 0 Å². The first-order valence-corrected chi connectivity index (χ1v) is 14.1. The van der Waals surface area contributed by atoms with Gasteiger partial charge in [0.25, 0.3) is 5.91 Å². The fourth-order valence-corrected chi connectivity index (χ4v) is 5.50. The van der Waals surface area contributed by atoms with E-state index in [-0.39, 0.29) is 24.0 Å². The van der Waals surface area contributed by atoms with Crippen LogP contribution in [0.25, 0.3) is 0 Å². The second-order valence-corrected chi connectivity index (χ2v) is 11.1. The summed E-state index contributed by atoms with van der Waals surface area (Å²) in [6.45, 7) is 4.48. The highest BCUT2D eigenvalue weighted by Crippen LogP contribution is 2.42. The summed E-state index contributed by atoms with van der Waals surface area (Å²) in [4.78, 5) is 39.5. The SMILES string of the molecule is CCC1(C)CN(c2ccccc2)c2nc(Nc3ccc(C(=O)NC4CCC(O)CC4)cc3OC)ncc2N(C)C1=O. The largest absolute Gasteiger partial charge is 0.495 e. The number of rotatable bonds is 7. The van der Waals surface area contributed by atoms with Crippen LogP contribution in [0.4, 0.5) is 28.8 Å². The van der Waals surface area contributed by atoms with E-state index in [2.05, 4.69) is 20.5 Å². The summed E-state index contributed by atoms with van der Waals surface area (Å²) >= 11 is 0. The molecule has 1 fully saturated rings. The topological polar surface area (TPSA) is 120 Å². The average molecular weight is 559 g/mol. The highest BCUT2D eigenvalue weighted by molar-refractivity contribution is 6.02. The van der Waals surface area contributed by atoms with Gasteiger partial charge in [0.1, 0.15) is 11.4 Å². The lowest BCUT2D eigenvalue weighted by Gasteiger charge is -2.32. The van der Waals surface area contributed by atoms with Crippen LogP contribution in [0, 0.1) is 5.41 Å². The van der Waals surface area contributed by atoms with Crippen LogP contribution in [-0.4, -0.2) is 59.7 Å². The normalized spacial score (nSPS) is 22.5. The highest BCUT2D eigenvalue weighted by atomic mass is 16.5. The molecule has 1 saturated carbocycles. The summed E-state index contributed by atoms with van der Waals surface area (Å²) in [5.74, 6) is 1.27. The number of nitrogens with zero attached hydrogens (tertiary/aromatic N) is 4. The number of benzene rings is 2. The molecule has 0 bridgehead atoms. The summed E-state index contributed by atoms with van der Waals surface area (Å²) in [5, 5.41) is 16.1. The van der Waals surface area contributed by atoms with Gasteiger partial charge >= 0.3 is 0 Å². The monoisotopic (exact) mass is 558 g/mol. The van der Waals surface area contributed by atoms with Gasteiger partial charge < -0.3 is 30.3 Å². The fraction of sp³-hybridized carbons (Fsp3) is 0.419. The Labute approximate surface area is 240 Å². The van der Waals surface area contributed by atoms with Crippen molar-refractivity contribution in [1.82, 2.24) is 15.3 Å². The molecule has 3 N–H and O–H groups in total. The predicted octanol–water partition coefficient (Wildman–Crippen LogP) is 4.79. The average Bonchev–Trinajstić information content (AvgIpc) is 3.08. The van der Waals surface area contributed by atoms with Gasteiger partial charge in [0.15, 0.2) is 5.82 Å². The minimum absolute atomic E-state index is 0.0175. The molecule has 41 heavy (non-hydrogen) atoms. The quantitative estimate of drug-likeness (QED) is 0.379. The molecule has 0 spiro atoms. The van der Waals surface area contributed by atoms with E-state index in [9.17, 15) is 14.7 Å². The van der Waals surface area contributed by atoms with Gasteiger partial charge in [0.2, 0.25) is 11.9 Å². The summed E-state index contributed by atoms with van der Waals surface area (Å²) in [6.07, 6.45) is 4.97. The second kappa shape index (κ2) is 11.7. The molecule has 0 saturated heterocycles. The third-order valence-electron chi connectivity index (χ3n) is 8.29. The van der Waals surface area contributed by atoms with Gasteiger partial charge in [-0.15, -0.1) is 0 Å². The van der Waals surface area contributed by atoms with E-state index in [4.69, 9.17) is 9.72 Å². The van der Waals surface area contributed by atoms with E-state index in [0.29, 0.717) is 60.3 Å². The molecular weight excluding hydrogens is 520 g/mol. The number of nitrogens with one attached hydrogen (secondary N) is 2. The second-order valence-electron chi connectivity index (χ2n) is 11.1. The van der Waals surface area contributed by atoms with Crippen molar-refractivity contribution in [1.29, 1.82) is 0 Å². The number of para-hydroxylation sites is 1. The number of amides is 2. The Balaban J connectivity index is 1.43. The van der Waals surface area contributed by atoms with Gasteiger partial charge in [-0.1, -0.05) is 25.1 Å². The lowest BCUT2D eigenvalue weighted by Crippen LogP contribution is -2.43. The van der Waals surface area contributed by atoms with E-state index in [1.807, 2.05) is 44.2 Å². The van der Waals surface area contributed by atoms with Gasteiger partial charge in [-0.3, -0.25) is 9.59 Å². The van der Waals surface area contributed by atoms with Crippen LogP contribution in [-0.2, 0) is 4.79 Å². The number of carbonyl (C=O) groups is 2. The van der Waals surface area contributed by atoms with Crippen molar-refractivity contribution in [2.45, 2.75) is 58.1 Å². The molecule has 216 valence electrons. The molecule has 1 aliphatic carbocycles. The van der Waals surface area contributed by atoms with Crippen molar-refractivity contribution < 1.29 is 19.4 Å².